The Morgan fingerprint density at radius 1 is 1.12 bits per heavy atom. The first kappa shape index (κ1) is 14.3. The molecule has 0 unspecified atom stereocenters. The van der Waals surface area contributed by atoms with Crippen LogP contribution in [0.4, 0.5) is 0 Å². The first-order valence-electron chi connectivity index (χ1n) is 6.72. The zero-order valence-electron chi connectivity index (χ0n) is 10.5. The van der Waals surface area contributed by atoms with Crippen molar-refractivity contribution < 1.29 is 0 Å². The van der Waals surface area contributed by atoms with Crippen molar-refractivity contribution in [1.29, 1.82) is 0 Å². The van der Waals surface area contributed by atoms with Gasteiger partial charge in [-0.3, -0.25) is 0 Å². The maximum absolute atomic E-state index is 6.01. The normalized spacial score (nSPS) is 36.8. The maximum Gasteiger partial charge on any atom is 0.0168 e. The number of piperidine rings is 1. The van der Waals surface area contributed by atoms with Crippen LogP contribution in [0.25, 0.3) is 0 Å². The van der Waals surface area contributed by atoms with E-state index in [0.29, 0.717) is 6.04 Å². The molecule has 2 N–H and O–H groups in total. The average molecular weight is 247 g/mol. The van der Waals surface area contributed by atoms with E-state index < -0.39 is 0 Å². The molecular weight excluding hydrogens is 220 g/mol. The summed E-state index contributed by atoms with van der Waals surface area (Å²) in [5.41, 5.74) is 6.01. The highest BCUT2D eigenvalue weighted by molar-refractivity contribution is 5.85. The highest BCUT2D eigenvalue weighted by Gasteiger charge is 2.23. The van der Waals surface area contributed by atoms with Crippen LogP contribution < -0.4 is 5.73 Å². The summed E-state index contributed by atoms with van der Waals surface area (Å²) in [6.45, 7) is 6.15. The first-order chi connectivity index (χ1) is 7.24. The molecule has 96 valence electrons. The molecule has 2 aliphatic rings. The zero-order valence-corrected chi connectivity index (χ0v) is 11.3. The van der Waals surface area contributed by atoms with Crippen molar-refractivity contribution in [2.45, 2.75) is 51.5 Å². The lowest BCUT2D eigenvalue weighted by atomic mass is 9.82. The summed E-state index contributed by atoms with van der Waals surface area (Å²) >= 11 is 0. The molecule has 0 radical (unpaired) electrons. The van der Waals surface area contributed by atoms with Gasteiger partial charge in [0, 0.05) is 19.1 Å². The number of nitrogens with two attached hydrogens (primary N) is 1. The summed E-state index contributed by atoms with van der Waals surface area (Å²) in [4.78, 5) is 2.61. The second-order valence-corrected chi connectivity index (χ2v) is 5.79. The third-order valence-electron chi connectivity index (χ3n) is 4.19. The van der Waals surface area contributed by atoms with Gasteiger partial charge in [-0.15, -0.1) is 12.4 Å². The van der Waals surface area contributed by atoms with Crippen LogP contribution in [0.2, 0.25) is 0 Å². The minimum Gasteiger partial charge on any atom is -0.327 e. The molecule has 0 amide bonds. The lowest BCUT2D eigenvalue weighted by molar-refractivity contribution is 0.152. The molecule has 2 fully saturated rings. The third-order valence-corrected chi connectivity index (χ3v) is 4.19. The van der Waals surface area contributed by atoms with E-state index >= 15 is 0 Å². The molecule has 2 rings (SSSR count). The second kappa shape index (κ2) is 6.83. The minimum atomic E-state index is 0. The summed E-state index contributed by atoms with van der Waals surface area (Å²) < 4.78 is 0. The number of rotatable bonds is 2. The topological polar surface area (TPSA) is 29.3 Å². The summed E-state index contributed by atoms with van der Waals surface area (Å²) in [6, 6.07) is 0.446. The Kier molecular flexibility index (Phi) is 6.09. The second-order valence-electron chi connectivity index (χ2n) is 5.79. The molecule has 0 spiro atoms. The molecule has 3 heteroatoms. The van der Waals surface area contributed by atoms with Gasteiger partial charge in [0.05, 0.1) is 0 Å². The standard InChI is InChI=1S/C13H26N2.ClH/c1-11-4-6-12(7-5-11)9-15-8-2-3-13(14)10-15;/h11-13H,2-10,14H2,1H3;1H/t11?,12?,13-;/m1./s1. The van der Waals surface area contributed by atoms with Crippen LogP contribution in [0.5, 0.6) is 0 Å². The largest absolute Gasteiger partial charge is 0.327 e. The van der Waals surface area contributed by atoms with E-state index in [1.165, 1.54) is 51.6 Å². The molecule has 16 heavy (non-hydrogen) atoms. The summed E-state index contributed by atoms with van der Waals surface area (Å²) in [6.07, 6.45) is 8.34. The predicted octanol–water partition coefficient (Wildman–Crippen LogP) is 2.66. The van der Waals surface area contributed by atoms with Crippen LogP contribution in [-0.4, -0.2) is 30.6 Å². The molecule has 1 saturated heterocycles. The molecule has 2 nitrogen and oxygen atoms in total. The van der Waals surface area contributed by atoms with E-state index in [1.54, 1.807) is 0 Å². The van der Waals surface area contributed by atoms with Crippen LogP contribution in [0, 0.1) is 11.8 Å². The Morgan fingerprint density at radius 3 is 2.44 bits per heavy atom. The van der Waals surface area contributed by atoms with Gasteiger partial charge in [-0.25, -0.2) is 0 Å². The SMILES string of the molecule is CC1CCC(CN2CCC[C@@H](N)C2)CC1.Cl. The number of halogens is 1. The Bertz CT molecular complexity index is 190. The molecule has 1 saturated carbocycles. The van der Waals surface area contributed by atoms with E-state index in [0.717, 1.165) is 18.4 Å². The molecule has 0 aromatic rings. The fraction of sp³-hybridized carbons (Fsp3) is 1.00. The minimum absolute atomic E-state index is 0. The smallest absolute Gasteiger partial charge is 0.0168 e. The summed E-state index contributed by atoms with van der Waals surface area (Å²) in [7, 11) is 0. The number of hydrogen-bond donors (Lipinski definition) is 1. The van der Waals surface area contributed by atoms with Gasteiger partial charge in [-0.2, -0.15) is 0 Å². The van der Waals surface area contributed by atoms with Gasteiger partial charge >= 0.3 is 0 Å². The Hall–Kier alpha value is 0.210. The highest BCUT2D eigenvalue weighted by Crippen LogP contribution is 2.29. The van der Waals surface area contributed by atoms with Crippen molar-refractivity contribution in [2.75, 3.05) is 19.6 Å². The Balaban J connectivity index is 0.00000128. The van der Waals surface area contributed by atoms with Gasteiger partial charge in [0.25, 0.3) is 0 Å². The van der Waals surface area contributed by atoms with Gasteiger partial charge in [0.2, 0.25) is 0 Å². The van der Waals surface area contributed by atoms with Gasteiger partial charge < -0.3 is 10.6 Å². The quantitative estimate of drug-likeness (QED) is 0.812. The van der Waals surface area contributed by atoms with Crippen molar-refractivity contribution >= 4 is 12.4 Å². The maximum atomic E-state index is 6.01. The van der Waals surface area contributed by atoms with Crippen LogP contribution in [-0.2, 0) is 0 Å². The van der Waals surface area contributed by atoms with E-state index in [1.807, 2.05) is 0 Å². The monoisotopic (exact) mass is 246 g/mol. The van der Waals surface area contributed by atoms with Gasteiger partial charge in [-0.1, -0.05) is 19.8 Å². The molecule has 0 bridgehead atoms. The summed E-state index contributed by atoms with van der Waals surface area (Å²) in [5, 5.41) is 0. The molecular formula is C13H27ClN2. The van der Waals surface area contributed by atoms with Crippen LogP contribution in [0.1, 0.15) is 45.4 Å². The van der Waals surface area contributed by atoms with E-state index in [9.17, 15) is 0 Å². The molecule has 1 aliphatic carbocycles. The predicted molar refractivity (Wildman–Crippen MR) is 72.0 cm³/mol. The molecule has 1 atom stereocenters. The van der Waals surface area contributed by atoms with E-state index in [-0.39, 0.29) is 12.4 Å². The van der Waals surface area contributed by atoms with Gasteiger partial charge in [0.1, 0.15) is 0 Å². The summed E-state index contributed by atoms with van der Waals surface area (Å²) in [5.74, 6) is 1.94. The molecule has 1 heterocycles. The van der Waals surface area contributed by atoms with Crippen molar-refractivity contribution in [2.24, 2.45) is 17.6 Å². The fourth-order valence-electron chi connectivity index (χ4n) is 3.13. The fourth-order valence-corrected chi connectivity index (χ4v) is 3.13. The number of likely N-dealkylation sites (tertiary alicyclic amines) is 1. The first-order valence-corrected chi connectivity index (χ1v) is 6.72. The van der Waals surface area contributed by atoms with Crippen molar-refractivity contribution in [3.05, 3.63) is 0 Å². The molecule has 0 aromatic carbocycles. The number of nitrogens with zero attached hydrogens (tertiary/aromatic N) is 1. The van der Waals surface area contributed by atoms with Crippen molar-refractivity contribution in [1.82, 2.24) is 4.90 Å². The van der Waals surface area contributed by atoms with Crippen molar-refractivity contribution in [3.8, 4) is 0 Å². The zero-order chi connectivity index (χ0) is 10.7. The lowest BCUT2D eigenvalue weighted by Gasteiger charge is -2.35. The highest BCUT2D eigenvalue weighted by atomic mass is 35.5. The van der Waals surface area contributed by atoms with Gasteiger partial charge in [-0.05, 0) is 44.1 Å². The lowest BCUT2D eigenvalue weighted by Crippen LogP contribution is -2.44. The molecule has 1 aliphatic heterocycles. The van der Waals surface area contributed by atoms with E-state index in [4.69, 9.17) is 5.73 Å². The van der Waals surface area contributed by atoms with Gasteiger partial charge in [0.15, 0.2) is 0 Å². The average Bonchev–Trinajstić information content (AvgIpc) is 2.22. The van der Waals surface area contributed by atoms with Crippen LogP contribution in [0.3, 0.4) is 0 Å². The van der Waals surface area contributed by atoms with Crippen molar-refractivity contribution in [3.63, 3.8) is 0 Å². The molecule has 0 aromatic heterocycles. The van der Waals surface area contributed by atoms with Crippen LogP contribution in [0.15, 0.2) is 0 Å². The Morgan fingerprint density at radius 2 is 1.81 bits per heavy atom. The van der Waals surface area contributed by atoms with Crippen LogP contribution >= 0.6 is 12.4 Å². The Labute approximate surface area is 106 Å². The number of hydrogen-bond acceptors (Lipinski definition) is 2. The van der Waals surface area contributed by atoms with E-state index in [2.05, 4.69) is 11.8 Å². The third kappa shape index (κ3) is 4.23.